The Balaban J connectivity index is 2.16. The first-order valence-electron chi connectivity index (χ1n) is 5.38. The van der Waals surface area contributed by atoms with Crippen molar-refractivity contribution in [2.75, 3.05) is 6.54 Å². The Morgan fingerprint density at radius 2 is 2.00 bits per heavy atom. The van der Waals surface area contributed by atoms with Crippen LogP contribution in [0.5, 0.6) is 0 Å². The molecule has 1 unspecified atom stereocenters. The maximum Gasteiger partial charge on any atom is 0.0595 e. The van der Waals surface area contributed by atoms with Gasteiger partial charge in [0.25, 0.3) is 0 Å². The van der Waals surface area contributed by atoms with Crippen molar-refractivity contribution < 1.29 is 0 Å². The molecule has 2 N–H and O–H groups in total. The largest absolute Gasteiger partial charge is 0.330 e. The van der Waals surface area contributed by atoms with Crippen molar-refractivity contribution in [3.8, 4) is 0 Å². The molecule has 1 atom stereocenters. The van der Waals surface area contributed by atoms with Gasteiger partial charge in [-0.15, -0.1) is 11.3 Å². The third kappa shape index (κ3) is 3.23. The molecule has 0 bridgehead atoms. The zero-order valence-corrected chi connectivity index (χ0v) is 11.5. The van der Waals surface area contributed by atoms with Crippen LogP contribution in [0.4, 0.5) is 0 Å². The Kier molecular flexibility index (Phi) is 4.46. The summed E-state index contributed by atoms with van der Waals surface area (Å²) in [7, 11) is 0. The molecule has 2 aromatic rings. The Morgan fingerprint density at radius 3 is 2.59 bits per heavy atom. The van der Waals surface area contributed by atoms with Gasteiger partial charge in [0.15, 0.2) is 0 Å². The number of rotatable bonds is 4. The van der Waals surface area contributed by atoms with Crippen LogP contribution in [0.2, 0.25) is 10.0 Å². The van der Waals surface area contributed by atoms with E-state index in [1.54, 1.807) is 11.3 Å². The number of halogens is 2. The van der Waals surface area contributed by atoms with E-state index in [0.29, 0.717) is 22.5 Å². The van der Waals surface area contributed by atoms with Crippen LogP contribution < -0.4 is 5.73 Å². The molecule has 17 heavy (non-hydrogen) atoms. The zero-order valence-electron chi connectivity index (χ0n) is 9.20. The first-order chi connectivity index (χ1) is 8.20. The van der Waals surface area contributed by atoms with Crippen LogP contribution in [0.25, 0.3) is 0 Å². The van der Waals surface area contributed by atoms with Gasteiger partial charge in [-0.05, 0) is 35.6 Å². The van der Waals surface area contributed by atoms with E-state index < -0.39 is 0 Å². The number of nitrogens with two attached hydrogens (primary N) is 1. The van der Waals surface area contributed by atoms with E-state index >= 15 is 0 Å². The van der Waals surface area contributed by atoms with E-state index in [2.05, 4.69) is 17.5 Å². The molecule has 1 aromatic heterocycles. The van der Waals surface area contributed by atoms with Crippen LogP contribution in [0.1, 0.15) is 16.4 Å². The monoisotopic (exact) mass is 285 g/mol. The average Bonchev–Trinajstić information content (AvgIpc) is 2.84. The molecule has 4 heteroatoms. The maximum atomic E-state index is 6.00. The lowest BCUT2D eigenvalue weighted by Gasteiger charge is -2.13. The Labute approximate surface area is 115 Å². The summed E-state index contributed by atoms with van der Waals surface area (Å²) < 4.78 is 0. The lowest BCUT2D eigenvalue weighted by atomic mass is 9.98. The standard InChI is InChI=1S/C13H13Cl2NS/c14-11-4-3-9(7-12(11)15)6-10(8-16)13-2-1-5-17-13/h1-5,7,10H,6,8,16H2. The lowest BCUT2D eigenvalue weighted by Crippen LogP contribution is -2.13. The van der Waals surface area contributed by atoms with Crippen molar-refractivity contribution in [3.63, 3.8) is 0 Å². The van der Waals surface area contributed by atoms with Crippen LogP contribution in [-0.4, -0.2) is 6.54 Å². The van der Waals surface area contributed by atoms with E-state index in [9.17, 15) is 0 Å². The molecule has 1 aromatic carbocycles. The van der Waals surface area contributed by atoms with Gasteiger partial charge in [0.2, 0.25) is 0 Å². The molecule has 90 valence electrons. The molecule has 0 fully saturated rings. The predicted octanol–water partition coefficient (Wildman–Crippen LogP) is 4.34. The third-order valence-electron chi connectivity index (χ3n) is 2.70. The number of thiophene rings is 1. The molecule has 0 saturated heterocycles. The van der Waals surface area contributed by atoms with Crippen LogP contribution >= 0.6 is 34.5 Å². The lowest BCUT2D eigenvalue weighted by molar-refractivity contribution is 0.707. The van der Waals surface area contributed by atoms with Crippen molar-refractivity contribution in [1.82, 2.24) is 0 Å². The van der Waals surface area contributed by atoms with E-state index in [1.165, 1.54) is 10.4 Å². The molecule has 0 radical (unpaired) electrons. The molecule has 1 heterocycles. The zero-order chi connectivity index (χ0) is 12.3. The van der Waals surface area contributed by atoms with Crippen LogP contribution in [0, 0.1) is 0 Å². The second-order valence-corrected chi connectivity index (χ2v) is 5.69. The summed E-state index contributed by atoms with van der Waals surface area (Å²) in [5.74, 6) is 0.354. The number of benzene rings is 1. The van der Waals surface area contributed by atoms with Gasteiger partial charge < -0.3 is 5.73 Å². The SMILES string of the molecule is NCC(Cc1ccc(Cl)c(Cl)c1)c1cccs1. The van der Waals surface area contributed by atoms with Crippen molar-refractivity contribution >= 4 is 34.5 Å². The van der Waals surface area contributed by atoms with Crippen LogP contribution in [0.3, 0.4) is 0 Å². The van der Waals surface area contributed by atoms with Crippen molar-refractivity contribution in [2.24, 2.45) is 5.73 Å². The molecule has 0 amide bonds. The Hall–Kier alpha value is -0.540. The molecular formula is C13H13Cl2NS. The van der Waals surface area contributed by atoms with Crippen molar-refractivity contribution in [2.45, 2.75) is 12.3 Å². The summed E-state index contributed by atoms with van der Waals surface area (Å²) >= 11 is 13.6. The Bertz CT molecular complexity index is 482. The predicted molar refractivity (Wildman–Crippen MR) is 76.3 cm³/mol. The molecule has 0 spiro atoms. The molecule has 1 nitrogen and oxygen atoms in total. The molecule has 0 aliphatic carbocycles. The van der Waals surface area contributed by atoms with E-state index in [4.69, 9.17) is 28.9 Å². The van der Waals surface area contributed by atoms with Gasteiger partial charge in [0.1, 0.15) is 0 Å². The summed E-state index contributed by atoms with van der Waals surface area (Å²) in [4.78, 5) is 1.32. The van der Waals surface area contributed by atoms with Gasteiger partial charge in [-0.3, -0.25) is 0 Å². The quantitative estimate of drug-likeness (QED) is 0.889. The van der Waals surface area contributed by atoms with E-state index in [0.717, 1.165) is 6.42 Å². The van der Waals surface area contributed by atoms with Gasteiger partial charge in [-0.2, -0.15) is 0 Å². The second-order valence-electron chi connectivity index (χ2n) is 3.90. The number of hydrogen-bond acceptors (Lipinski definition) is 2. The highest BCUT2D eigenvalue weighted by Crippen LogP contribution is 2.28. The molecular weight excluding hydrogens is 273 g/mol. The van der Waals surface area contributed by atoms with Gasteiger partial charge in [-0.25, -0.2) is 0 Å². The summed E-state index contributed by atoms with van der Waals surface area (Å²) in [6, 6.07) is 9.93. The van der Waals surface area contributed by atoms with Crippen molar-refractivity contribution in [3.05, 3.63) is 56.2 Å². The summed E-state index contributed by atoms with van der Waals surface area (Å²) in [5.41, 5.74) is 7.00. The summed E-state index contributed by atoms with van der Waals surface area (Å²) in [6.45, 7) is 0.640. The Morgan fingerprint density at radius 1 is 1.18 bits per heavy atom. The van der Waals surface area contributed by atoms with Gasteiger partial charge in [0, 0.05) is 17.3 Å². The third-order valence-corrected chi connectivity index (χ3v) is 4.47. The molecule has 0 aliphatic rings. The maximum absolute atomic E-state index is 6.00. The fourth-order valence-corrected chi connectivity index (χ4v) is 2.94. The van der Waals surface area contributed by atoms with E-state index in [1.807, 2.05) is 18.2 Å². The molecule has 2 rings (SSSR count). The van der Waals surface area contributed by atoms with Crippen LogP contribution in [0.15, 0.2) is 35.7 Å². The smallest absolute Gasteiger partial charge is 0.0595 e. The highest BCUT2D eigenvalue weighted by molar-refractivity contribution is 7.10. The molecule has 0 aliphatic heterocycles. The van der Waals surface area contributed by atoms with E-state index in [-0.39, 0.29) is 0 Å². The van der Waals surface area contributed by atoms with Gasteiger partial charge in [-0.1, -0.05) is 35.3 Å². The number of hydrogen-bond donors (Lipinski definition) is 1. The van der Waals surface area contributed by atoms with Crippen molar-refractivity contribution in [1.29, 1.82) is 0 Å². The summed E-state index contributed by atoms with van der Waals surface area (Å²) in [6.07, 6.45) is 0.897. The second kappa shape index (κ2) is 5.87. The van der Waals surface area contributed by atoms with Crippen LogP contribution in [-0.2, 0) is 6.42 Å². The minimum Gasteiger partial charge on any atom is -0.330 e. The fraction of sp³-hybridized carbons (Fsp3) is 0.231. The molecule has 0 saturated carbocycles. The highest BCUT2D eigenvalue weighted by atomic mass is 35.5. The minimum atomic E-state index is 0.354. The van der Waals surface area contributed by atoms with Gasteiger partial charge in [0.05, 0.1) is 10.0 Å². The topological polar surface area (TPSA) is 26.0 Å². The fourth-order valence-electron chi connectivity index (χ4n) is 1.77. The van der Waals surface area contributed by atoms with Gasteiger partial charge >= 0.3 is 0 Å². The average molecular weight is 286 g/mol. The summed E-state index contributed by atoms with van der Waals surface area (Å²) in [5, 5.41) is 3.27. The highest BCUT2D eigenvalue weighted by Gasteiger charge is 2.12. The minimum absolute atomic E-state index is 0.354. The first-order valence-corrected chi connectivity index (χ1v) is 7.01. The first kappa shape index (κ1) is 12.9. The normalized spacial score (nSPS) is 12.6.